The predicted molar refractivity (Wildman–Crippen MR) is 53.0 cm³/mol. The number of aryl methyl sites for hydroxylation is 1. The van der Waals surface area contributed by atoms with Gasteiger partial charge < -0.3 is 9.88 Å². The standard InChI is InChI=1S/C9H11N5/c1-6-2-3-14-5-12-8-7(14)9(13-6)11-4-10-8/h4-6H,2-3H2,1H3,(H,10,11,13). The molecule has 0 fully saturated rings. The lowest BCUT2D eigenvalue weighted by Gasteiger charge is -2.09. The summed E-state index contributed by atoms with van der Waals surface area (Å²) in [6, 6.07) is 0.452. The summed E-state index contributed by atoms with van der Waals surface area (Å²) in [6.07, 6.45) is 4.48. The maximum Gasteiger partial charge on any atom is 0.182 e. The highest BCUT2D eigenvalue weighted by Gasteiger charge is 2.16. The first-order chi connectivity index (χ1) is 6.84. The second-order valence-electron chi connectivity index (χ2n) is 3.67. The summed E-state index contributed by atoms with van der Waals surface area (Å²) in [7, 11) is 0. The molecule has 0 amide bonds. The van der Waals surface area contributed by atoms with E-state index in [2.05, 4.69) is 31.8 Å². The molecule has 0 saturated carbocycles. The van der Waals surface area contributed by atoms with E-state index in [9.17, 15) is 0 Å². The molecule has 5 nitrogen and oxygen atoms in total. The number of hydrogen-bond donors (Lipinski definition) is 1. The highest BCUT2D eigenvalue weighted by Crippen LogP contribution is 2.22. The number of aromatic nitrogens is 4. The van der Waals surface area contributed by atoms with Crippen LogP contribution in [0.2, 0.25) is 0 Å². The zero-order valence-electron chi connectivity index (χ0n) is 7.94. The summed E-state index contributed by atoms with van der Waals surface area (Å²) >= 11 is 0. The molecular formula is C9H11N5. The van der Waals surface area contributed by atoms with Crippen LogP contribution in [0.15, 0.2) is 12.7 Å². The van der Waals surface area contributed by atoms with Gasteiger partial charge in [-0.15, -0.1) is 0 Å². The van der Waals surface area contributed by atoms with Gasteiger partial charge in [-0.3, -0.25) is 0 Å². The van der Waals surface area contributed by atoms with Crippen LogP contribution in [0, 0.1) is 0 Å². The largest absolute Gasteiger partial charge is 0.366 e. The molecular weight excluding hydrogens is 178 g/mol. The molecule has 1 atom stereocenters. The fraction of sp³-hybridized carbons (Fsp3) is 0.444. The summed E-state index contributed by atoms with van der Waals surface area (Å²) in [5, 5.41) is 3.36. The van der Waals surface area contributed by atoms with Crippen molar-refractivity contribution in [3.8, 4) is 0 Å². The first kappa shape index (κ1) is 7.73. The van der Waals surface area contributed by atoms with Gasteiger partial charge in [-0.2, -0.15) is 0 Å². The molecule has 1 aliphatic heterocycles. The average molecular weight is 189 g/mol. The van der Waals surface area contributed by atoms with Gasteiger partial charge in [-0.25, -0.2) is 15.0 Å². The first-order valence-corrected chi connectivity index (χ1v) is 4.77. The first-order valence-electron chi connectivity index (χ1n) is 4.77. The molecule has 3 rings (SSSR count). The van der Waals surface area contributed by atoms with Crippen molar-refractivity contribution in [1.29, 1.82) is 0 Å². The Labute approximate surface area is 81.2 Å². The van der Waals surface area contributed by atoms with Gasteiger partial charge in [0.1, 0.15) is 11.8 Å². The van der Waals surface area contributed by atoms with E-state index < -0.39 is 0 Å². The molecule has 3 heterocycles. The molecule has 14 heavy (non-hydrogen) atoms. The Kier molecular flexibility index (Phi) is 1.47. The minimum atomic E-state index is 0.452. The van der Waals surface area contributed by atoms with Gasteiger partial charge in [0.05, 0.1) is 6.33 Å². The number of anilines is 1. The van der Waals surface area contributed by atoms with E-state index in [0.717, 1.165) is 29.9 Å². The van der Waals surface area contributed by atoms with E-state index in [1.165, 1.54) is 0 Å². The SMILES string of the molecule is CC1CCn2cnc3ncnc(c32)N1. The Hall–Kier alpha value is -1.65. The highest BCUT2D eigenvalue weighted by molar-refractivity contribution is 5.83. The summed E-state index contributed by atoms with van der Waals surface area (Å²) in [4.78, 5) is 12.6. The van der Waals surface area contributed by atoms with Gasteiger partial charge >= 0.3 is 0 Å². The summed E-state index contributed by atoms with van der Waals surface area (Å²) < 4.78 is 2.11. The van der Waals surface area contributed by atoms with Crippen molar-refractivity contribution in [1.82, 2.24) is 19.5 Å². The van der Waals surface area contributed by atoms with Crippen molar-refractivity contribution in [3.05, 3.63) is 12.7 Å². The van der Waals surface area contributed by atoms with Gasteiger partial charge in [-0.1, -0.05) is 0 Å². The van der Waals surface area contributed by atoms with E-state index in [1.807, 2.05) is 6.33 Å². The minimum absolute atomic E-state index is 0.452. The molecule has 0 radical (unpaired) electrons. The maximum absolute atomic E-state index is 4.24. The molecule has 5 heteroatoms. The molecule has 1 unspecified atom stereocenters. The van der Waals surface area contributed by atoms with Crippen molar-refractivity contribution in [2.24, 2.45) is 0 Å². The number of nitrogens with zero attached hydrogens (tertiary/aromatic N) is 4. The summed E-state index contributed by atoms with van der Waals surface area (Å²) in [5.41, 5.74) is 1.80. The maximum atomic E-state index is 4.24. The summed E-state index contributed by atoms with van der Waals surface area (Å²) in [5.74, 6) is 0.900. The molecule has 1 N–H and O–H groups in total. The van der Waals surface area contributed by atoms with E-state index >= 15 is 0 Å². The fourth-order valence-electron chi connectivity index (χ4n) is 1.82. The fourth-order valence-corrected chi connectivity index (χ4v) is 1.82. The molecule has 0 aromatic carbocycles. The van der Waals surface area contributed by atoms with Crippen molar-refractivity contribution in [2.45, 2.75) is 25.9 Å². The third kappa shape index (κ3) is 0.982. The predicted octanol–water partition coefficient (Wildman–Crippen LogP) is 1.03. The monoisotopic (exact) mass is 189 g/mol. The average Bonchev–Trinajstić information content (AvgIpc) is 2.51. The lowest BCUT2D eigenvalue weighted by atomic mass is 10.2. The van der Waals surface area contributed by atoms with Gasteiger partial charge in [0.15, 0.2) is 11.5 Å². The number of rotatable bonds is 0. The molecule has 0 aliphatic carbocycles. The Morgan fingerprint density at radius 2 is 2.36 bits per heavy atom. The Balaban J connectivity index is 2.31. The normalized spacial score (nSPS) is 20.5. The molecule has 0 spiro atoms. The molecule has 72 valence electrons. The lowest BCUT2D eigenvalue weighted by Crippen LogP contribution is -2.15. The van der Waals surface area contributed by atoms with Crippen LogP contribution < -0.4 is 5.32 Å². The zero-order valence-corrected chi connectivity index (χ0v) is 7.94. The zero-order chi connectivity index (χ0) is 9.54. The van der Waals surface area contributed by atoms with Crippen LogP contribution in [0.4, 0.5) is 5.82 Å². The van der Waals surface area contributed by atoms with Crippen LogP contribution in [0.1, 0.15) is 13.3 Å². The van der Waals surface area contributed by atoms with Crippen LogP contribution in [-0.2, 0) is 6.54 Å². The molecule has 2 aromatic rings. The smallest absolute Gasteiger partial charge is 0.182 e. The quantitative estimate of drug-likeness (QED) is 0.672. The lowest BCUT2D eigenvalue weighted by molar-refractivity contribution is 0.614. The van der Waals surface area contributed by atoms with Gasteiger partial charge in [0.2, 0.25) is 0 Å². The molecule has 2 aromatic heterocycles. The van der Waals surface area contributed by atoms with Gasteiger partial charge in [0, 0.05) is 12.6 Å². The van der Waals surface area contributed by atoms with E-state index in [1.54, 1.807) is 6.33 Å². The summed E-state index contributed by atoms with van der Waals surface area (Å²) in [6.45, 7) is 3.14. The van der Waals surface area contributed by atoms with Crippen molar-refractivity contribution in [3.63, 3.8) is 0 Å². The van der Waals surface area contributed by atoms with Crippen molar-refractivity contribution < 1.29 is 0 Å². The van der Waals surface area contributed by atoms with E-state index in [4.69, 9.17) is 0 Å². The second kappa shape index (κ2) is 2.67. The van der Waals surface area contributed by atoms with Crippen LogP contribution in [-0.4, -0.2) is 25.6 Å². The number of nitrogens with one attached hydrogen (secondary N) is 1. The minimum Gasteiger partial charge on any atom is -0.366 e. The highest BCUT2D eigenvalue weighted by atomic mass is 15.2. The second-order valence-corrected chi connectivity index (χ2v) is 3.67. The molecule has 0 bridgehead atoms. The third-order valence-corrected chi connectivity index (χ3v) is 2.60. The van der Waals surface area contributed by atoms with Crippen molar-refractivity contribution >= 4 is 17.0 Å². The van der Waals surface area contributed by atoms with Crippen molar-refractivity contribution in [2.75, 3.05) is 5.32 Å². The van der Waals surface area contributed by atoms with Crippen LogP contribution in [0.3, 0.4) is 0 Å². The van der Waals surface area contributed by atoms with E-state index in [-0.39, 0.29) is 0 Å². The third-order valence-electron chi connectivity index (χ3n) is 2.60. The van der Waals surface area contributed by atoms with Crippen LogP contribution in [0.25, 0.3) is 11.2 Å². The Morgan fingerprint density at radius 3 is 3.29 bits per heavy atom. The van der Waals surface area contributed by atoms with Crippen LogP contribution >= 0.6 is 0 Å². The number of imidazole rings is 1. The van der Waals surface area contributed by atoms with Crippen LogP contribution in [0.5, 0.6) is 0 Å². The Morgan fingerprint density at radius 1 is 1.43 bits per heavy atom. The molecule has 0 saturated heterocycles. The Bertz CT molecular complexity index is 475. The van der Waals surface area contributed by atoms with Gasteiger partial charge in [0.25, 0.3) is 0 Å². The van der Waals surface area contributed by atoms with E-state index in [0.29, 0.717) is 6.04 Å². The molecule has 1 aliphatic rings. The topological polar surface area (TPSA) is 55.6 Å². The number of hydrogen-bond acceptors (Lipinski definition) is 4. The van der Waals surface area contributed by atoms with Gasteiger partial charge in [-0.05, 0) is 13.3 Å².